The van der Waals surface area contributed by atoms with E-state index in [9.17, 15) is 9.59 Å². The van der Waals surface area contributed by atoms with Crippen molar-refractivity contribution in [2.24, 2.45) is 5.92 Å². The Labute approximate surface area is 119 Å². The molecule has 0 atom stereocenters. The first-order chi connectivity index (χ1) is 9.67. The average Bonchev–Trinajstić information content (AvgIpc) is 3.02. The molecular weight excluding hydrogens is 254 g/mol. The Hall–Kier alpha value is -1.78. The number of carbonyl (C=O) groups excluding carboxylic acids is 2. The van der Waals surface area contributed by atoms with Crippen LogP contribution in [0.1, 0.15) is 37.2 Å². The quantitative estimate of drug-likeness (QED) is 0.911. The Morgan fingerprint density at radius 2 is 1.75 bits per heavy atom. The van der Waals surface area contributed by atoms with Crippen LogP contribution in [0.3, 0.4) is 0 Å². The van der Waals surface area contributed by atoms with Crippen LogP contribution >= 0.6 is 0 Å². The number of nitrogens with zero attached hydrogens (tertiary/aromatic N) is 2. The van der Waals surface area contributed by atoms with Crippen molar-refractivity contribution in [3.63, 3.8) is 0 Å². The van der Waals surface area contributed by atoms with Crippen LogP contribution in [0.2, 0.25) is 0 Å². The predicted molar refractivity (Wildman–Crippen MR) is 77.3 cm³/mol. The summed E-state index contributed by atoms with van der Waals surface area (Å²) in [6.07, 6.45) is 3.52. The number of H-pyrrole nitrogens is 1. The molecule has 0 unspecified atom stereocenters. The summed E-state index contributed by atoms with van der Waals surface area (Å²) in [5.41, 5.74) is 0.616. The second-order valence-corrected chi connectivity index (χ2v) is 5.21. The Morgan fingerprint density at radius 1 is 1.15 bits per heavy atom. The fourth-order valence-electron chi connectivity index (χ4n) is 2.66. The van der Waals surface area contributed by atoms with Gasteiger partial charge >= 0.3 is 0 Å². The van der Waals surface area contributed by atoms with Gasteiger partial charge in [-0.2, -0.15) is 0 Å². The second kappa shape index (κ2) is 6.59. The minimum absolute atomic E-state index is 0.0182. The Morgan fingerprint density at radius 3 is 2.25 bits per heavy atom. The summed E-state index contributed by atoms with van der Waals surface area (Å²) in [7, 11) is 0. The van der Waals surface area contributed by atoms with Crippen molar-refractivity contribution in [3.8, 4) is 0 Å². The van der Waals surface area contributed by atoms with Gasteiger partial charge in [0.15, 0.2) is 0 Å². The summed E-state index contributed by atoms with van der Waals surface area (Å²) in [6.45, 7) is 6.62. The molecule has 5 heteroatoms. The number of carbonyl (C=O) groups is 2. The molecule has 1 aliphatic heterocycles. The van der Waals surface area contributed by atoms with Crippen LogP contribution in [0.5, 0.6) is 0 Å². The zero-order valence-electron chi connectivity index (χ0n) is 12.3. The molecule has 0 bridgehead atoms. The molecule has 1 aliphatic rings. The van der Waals surface area contributed by atoms with Crippen LogP contribution in [-0.4, -0.2) is 52.8 Å². The van der Waals surface area contributed by atoms with E-state index in [1.807, 2.05) is 15.9 Å². The topological polar surface area (TPSA) is 56.4 Å². The van der Waals surface area contributed by atoms with E-state index in [0.29, 0.717) is 31.9 Å². The SMILES string of the molecule is CCC(CC)C(=O)N1CCN(C(=O)c2ccc[nH]2)CC1. The number of hydrogen-bond donors (Lipinski definition) is 1. The highest BCUT2D eigenvalue weighted by molar-refractivity contribution is 5.92. The Bertz CT molecular complexity index is 444. The molecule has 1 saturated heterocycles. The first-order valence-corrected chi connectivity index (χ1v) is 7.38. The first-order valence-electron chi connectivity index (χ1n) is 7.38. The van der Waals surface area contributed by atoms with E-state index < -0.39 is 0 Å². The monoisotopic (exact) mass is 277 g/mol. The summed E-state index contributed by atoms with van der Waals surface area (Å²) in [6, 6.07) is 3.60. The zero-order chi connectivity index (χ0) is 14.5. The maximum absolute atomic E-state index is 12.3. The second-order valence-electron chi connectivity index (χ2n) is 5.21. The van der Waals surface area contributed by atoms with E-state index in [1.165, 1.54) is 0 Å². The van der Waals surface area contributed by atoms with E-state index >= 15 is 0 Å². The van der Waals surface area contributed by atoms with E-state index in [1.54, 1.807) is 12.3 Å². The third kappa shape index (κ3) is 3.03. The lowest BCUT2D eigenvalue weighted by atomic mass is 10.0. The molecular formula is C15H23N3O2. The highest BCUT2D eigenvalue weighted by Crippen LogP contribution is 2.14. The number of piperazine rings is 1. The summed E-state index contributed by atoms with van der Waals surface area (Å²) in [5.74, 6) is 0.382. The molecule has 2 heterocycles. The maximum Gasteiger partial charge on any atom is 0.270 e. The van der Waals surface area contributed by atoms with Gasteiger partial charge in [-0.15, -0.1) is 0 Å². The fourth-order valence-corrected chi connectivity index (χ4v) is 2.66. The minimum atomic E-state index is 0.0182. The van der Waals surface area contributed by atoms with Gasteiger partial charge in [0.05, 0.1) is 0 Å². The van der Waals surface area contributed by atoms with E-state index in [4.69, 9.17) is 0 Å². The number of aromatic nitrogens is 1. The van der Waals surface area contributed by atoms with Crippen molar-refractivity contribution >= 4 is 11.8 Å². The van der Waals surface area contributed by atoms with E-state index in [0.717, 1.165) is 12.8 Å². The molecule has 0 aliphatic carbocycles. The molecule has 1 aromatic heterocycles. The number of aromatic amines is 1. The molecule has 2 amide bonds. The molecule has 5 nitrogen and oxygen atoms in total. The van der Waals surface area contributed by atoms with Gasteiger partial charge < -0.3 is 14.8 Å². The number of rotatable bonds is 4. The third-order valence-corrected chi connectivity index (χ3v) is 4.04. The predicted octanol–water partition coefficient (Wildman–Crippen LogP) is 1.74. The van der Waals surface area contributed by atoms with Crippen LogP contribution in [0.25, 0.3) is 0 Å². The summed E-state index contributed by atoms with van der Waals surface area (Å²) in [5, 5.41) is 0. The van der Waals surface area contributed by atoms with Crippen LogP contribution in [0.4, 0.5) is 0 Å². The van der Waals surface area contributed by atoms with Gasteiger partial charge in [0.2, 0.25) is 5.91 Å². The Kier molecular flexibility index (Phi) is 4.82. The molecule has 0 radical (unpaired) electrons. The van der Waals surface area contributed by atoms with Crippen LogP contribution in [0.15, 0.2) is 18.3 Å². The maximum atomic E-state index is 12.3. The zero-order valence-corrected chi connectivity index (χ0v) is 12.3. The van der Waals surface area contributed by atoms with Crippen LogP contribution in [-0.2, 0) is 4.79 Å². The van der Waals surface area contributed by atoms with Crippen molar-refractivity contribution in [2.45, 2.75) is 26.7 Å². The summed E-state index contributed by atoms with van der Waals surface area (Å²) >= 11 is 0. The molecule has 0 aromatic carbocycles. The van der Waals surface area contributed by atoms with Crippen molar-refractivity contribution in [2.75, 3.05) is 26.2 Å². The fraction of sp³-hybridized carbons (Fsp3) is 0.600. The molecule has 2 rings (SSSR count). The lowest BCUT2D eigenvalue weighted by molar-refractivity contribution is -0.137. The normalized spacial score (nSPS) is 15.8. The van der Waals surface area contributed by atoms with Gasteiger partial charge in [0, 0.05) is 38.3 Å². The van der Waals surface area contributed by atoms with Gasteiger partial charge in [0.1, 0.15) is 5.69 Å². The summed E-state index contributed by atoms with van der Waals surface area (Å²) in [4.78, 5) is 31.1. The highest BCUT2D eigenvalue weighted by atomic mass is 16.2. The molecule has 0 saturated carbocycles. The average molecular weight is 277 g/mol. The van der Waals surface area contributed by atoms with Gasteiger partial charge in [-0.3, -0.25) is 9.59 Å². The molecule has 1 fully saturated rings. The highest BCUT2D eigenvalue weighted by Gasteiger charge is 2.27. The van der Waals surface area contributed by atoms with Crippen molar-refractivity contribution < 1.29 is 9.59 Å². The molecule has 1 aromatic rings. The molecule has 20 heavy (non-hydrogen) atoms. The van der Waals surface area contributed by atoms with Crippen LogP contribution in [0, 0.1) is 5.92 Å². The Balaban J connectivity index is 1.89. The van der Waals surface area contributed by atoms with Gasteiger partial charge in [-0.1, -0.05) is 13.8 Å². The minimum Gasteiger partial charge on any atom is -0.357 e. The standard InChI is InChI=1S/C15H23N3O2/c1-3-12(4-2)14(19)17-8-10-18(11-9-17)15(20)13-6-5-7-16-13/h5-7,12,16H,3-4,8-11H2,1-2H3. The van der Waals surface area contributed by atoms with Crippen molar-refractivity contribution in [1.82, 2.24) is 14.8 Å². The van der Waals surface area contributed by atoms with Crippen molar-refractivity contribution in [1.29, 1.82) is 0 Å². The van der Waals surface area contributed by atoms with E-state index in [-0.39, 0.29) is 17.7 Å². The third-order valence-electron chi connectivity index (χ3n) is 4.04. The molecule has 0 spiro atoms. The lowest BCUT2D eigenvalue weighted by Gasteiger charge is -2.36. The van der Waals surface area contributed by atoms with E-state index in [2.05, 4.69) is 18.8 Å². The van der Waals surface area contributed by atoms with Crippen LogP contribution < -0.4 is 0 Å². The van der Waals surface area contributed by atoms with Crippen molar-refractivity contribution in [3.05, 3.63) is 24.0 Å². The summed E-state index contributed by atoms with van der Waals surface area (Å²) < 4.78 is 0. The van der Waals surface area contributed by atoms with Gasteiger partial charge in [-0.05, 0) is 25.0 Å². The molecule has 110 valence electrons. The van der Waals surface area contributed by atoms with Gasteiger partial charge in [-0.25, -0.2) is 0 Å². The first kappa shape index (κ1) is 14.6. The lowest BCUT2D eigenvalue weighted by Crippen LogP contribution is -2.52. The molecule has 1 N–H and O–H groups in total. The number of amides is 2. The van der Waals surface area contributed by atoms with Gasteiger partial charge in [0.25, 0.3) is 5.91 Å². The smallest absolute Gasteiger partial charge is 0.270 e. The largest absolute Gasteiger partial charge is 0.357 e. The number of hydrogen-bond acceptors (Lipinski definition) is 2. The number of nitrogens with one attached hydrogen (secondary N) is 1.